The van der Waals surface area contributed by atoms with Crippen LogP contribution in [0.25, 0.3) is 0 Å². The molecule has 54 valence electrons. The van der Waals surface area contributed by atoms with Gasteiger partial charge < -0.3 is 9.47 Å². The van der Waals surface area contributed by atoms with Crippen LogP contribution in [0.4, 0.5) is 0 Å². The smallest absolute Gasteiger partial charge is 0.293 e. The Morgan fingerprint density at radius 2 is 1.78 bits per heavy atom. The molecule has 0 bridgehead atoms. The van der Waals surface area contributed by atoms with Gasteiger partial charge in [-0.1, -0.05) is 0 Å². The molecule has 0 aliphatic rings. The maximum atomic E-state index is 9.18. The molecule has 0 spiro atoms. The van der Waals surface area contributed by atoms with Crippen molar-refractivity contribution in [3.05, 3.63) is 0 Å². The summed E-state index contributed by atoms with van der Waals surface area (Å²) in [5, 5.41) is 0. The third-order valence-electron chi connectivity index (χ3n) is 0.331. The molecule has 0 aliphatic heterocycles. The van der Waals surface area contributed by atoms with E-state index in [4.69, 9.17) is 4.79 Å². The minimum Gasteiger partial charge on any atom is -0.471 e. The molecule has 0 atom stereocenters. The maximum absolute atomic E-state index is 9.18. The Bertz CT molecular complexity index is 62.0. The van der Waals surface area contributed by atoms with Gasteiger partial charge in [-0.2, -0.15) is 0 Å². The molecule has 4 heteroatoms. The molecule has 0 heterocycles. The van der Waals surface area contributed by atoms with Crippen LogP contribution >= 0.6 is 0 Å². The highest BCUT2D eigenvalue weighted by atomic mass is 16.5. The summed E-state index contributed by atoms with van der Waals surface area (Å²) in [5.74, 6) is 0. The second-order valence-electron chi connectivity index (χ2n) is 0.883. The van der Waals surface area contributed by atoms with Gasteiger partial charge in [0.1, 0.15) is 0 Å². The number of hydrogen-bond donors (Lipinski definition) is 0. The van der Waals surface area contributed by atoms with Crippen LogP contribution in [0.2, 0.25) is 0 Å². The first-order valence-corrected chi connectivity index (χ1v) is 2.35. The van der Waals surface area contributed by atoms with Crippen LogP contribution in [0.15, 0.2) is 0 Å². The number of rotatable bonds is 3. The first-order chi connectivity index (χ1) is 4.33. The Morgan fingerprint density at radius 1 is 1.33 bits per heavy atom. The van der Waals surface area contributed by atoms with Crippen LogP contribution in [0.1, 0.15) is 6.92 Å². The van der Waals surface area contributed by atoms with E-state index in [1.165, 1.54) is 7.11 Å². The molecular weight excluding hydrogens is 124 g/mol. The molecule has 0 aromatic heterocycles. The Hall–Kier alpha value is -1.06. The normalized spacial score (nSPS) is 6.00. The zero-order valence-electron chi connectivity index (χ0n) is 5.49. The first kappa shape index (κ1) is 10.8. The molecule has 0 saturated heterocycles. The standard InChI is InChI=1S/C3H6O2.C2H4O2/c1-2-5-3-4;1-4-2-3/h3H,2H2,1H3;2H,1H3. The van der Waals surface area contributed by atoms with Crippen LogP contribution in [0, 0.1) is 0 Å². The van der Waals surface area contributed by atoms with E-state index in [0.717, 1.165) is 0 Å². The van der Waals surface area contributed by atoms with Crippen LogP contribution in [-0.2, 0) is 19.1 Å². The van der Waals surface area contributed by atoms with Gasteiger partial charge in [0.25, 0.3) is 12.9 Å². The van der Waals surface area contributed by atoms with Gasteiger partial charge in [-0.25, -0.2) is 0 Å². The number of ether oxygens (including phenoxy) is 2. The van der Waals surface area contributed by atoms with Gasteiger partial charge in [0, 0.05) is 0 Å². The van der Waals surface area contributed by atoms with Crippen molar-refractivity contribution >= 4 is 12.9 Å². The van der Waals surface area contributed by atoms with Gasteiger partial charge >= 0.3 is 0 Å². The monoisotopic (exact) mass is 134 g/mol. The van der Waals surface area contributed by atoms with Gasteiger partial charge in [0.2, 0.25) is 0 Å². The minimum atomic E-state index is 0.375. The Labute approximate surface area is 53.8 Å². The summed E-state index contributed by atoms with van der Waals surface area (Å²) in [6.07, 6.45) is 0. The average Bonchev–Trinajstić information content (AvgIpc) is 1.91. The summed E-state index contributed by atoms with van der Waals surface area (Å²) in [7, 11) is 1.31. The molecule has 0 amide bonds. The highest BCUT2D eigenvalue weighted by Crippen LogP contribution is 1.55. The lowest BCUT2D eigenvalue weighted by atomic mass is 10.9. The lowest BCUT2D eigenvalue weighted by Crippen LogP contribution is -1.80. The van der Waals surface area contributed by atoms with Crippen molar-refractivity contribution in [2.45, 2.75) is 6.92 Å². The van der Waals surface area contributed by atoms with Crippen LogP contribution in [0.5, 0.6) is 0 Å². The number of methoxy groups -OCH3 is 1. The topological polar surface area (TPSA) is 52.6 Å². The molecular formula is C5H10O4. The van der Waals surface area contributed by atoms with Crippen molar-refractivity contribution in [2.75, 3.05) is 13.7 Å². The second kappa shape index (κ2) is 15.8. The minimum absolute atomic E-state index is 0.375. The Balaban J connectivity index is 0. The number of carbonyl (C=O) groups is 2. The van der Waals surface area contributed by atoms with E-state index in [1.54, 1.807) is 6.92 Å². The van der Waals surface area contributed by atoms with Gasteiger partial charge in [0.15, 0.2) is 0 Å². The van der Waals surface area contributed by atoms with Crippen molar-refractivity contribution in [2.24, 2.45) is 0 Å². The lowest BCUT2D eigenvalue weighted by Gasteiger charge is -1.79. The molecule has 0 aromatic carbocycles. The van der Waals surface area contributed by atoms with E-state index in [2.05, 4.69) is 9.47 Å². The molecule has 0 unspecified atom stereocenters. The zero-order chi connectivity index (χ0) is 7.54. The molecule has 0 saturated carbocycles. The largest absolute Gasteiger partial charge is 0.471 e. The predicted molar refractivity (Wildman–Crippen MR) is 30.8 cm³/mol. The van der Waals surface area contributed by atoms with E-state index >= 15 is 0 Å². The summed E-state index contributed by atoms with van der Waals surface area (Å²) in [5.41, 5.74) is 0. The molecule has 9 heavy (non-hydrogen) atoms. The SMILES string of the molecule is CCOC=O.COC=O. The molecule has 0 N–H and O–H groups in total. The fourth-order valence-corrected chi connectivity index (χ4v) is 0.0680. The van der Waals surface area contributed by atoms with Gasteiger partial charge in [0.05, 0.1) is 13.7 Å². The zero-order valence-corrected chi connectivity index (χ0v) is 5.49. The van der Waals surface area contributed by atoms with E-state index < -0.39 is 0 Å². The highest BCUT2D eigenvalue weighted by Gasteiger charge is 1.60. The molecule has 4 nitrogen and oxygen atoms in total. The quantitative estimate of drug-likeness (QED) is 0.508. The molecule has 0 fully saturated rings. The van der Waals surface area contributed by atoms with Crippen molar-refractivity contribution in [3.8, 4) is 0 Å². The van der Waals surface area contributed by atoms with E-state index in [-0.39, 0.29) is 0 Å². The molecule has 0 rings (SSSR count). The van der Waals surface area contributed by atoms with Crippen molar-refractivity contribution in [1.82, 2.24) is 0 Å². The highest BCUT2D eigenvalue weighted by molar-refractivity contribution is 5.36. The van der Waals surface area contributed by atoms with Crippen molar-refractivity contribution < 1.29 is 19.1 Å². The molecule has 0 aliphatic carbocycles. The summed E-state index contributed by atoms with van der Waals surface area (Å²) in [4.78, 5) is 18.1. The summed E-state index contributed by atoms with van der Waals surface area (Å²) in [6, 6.07) is 0. The number of hydrogen-bond acceptors (Lipinski definition) is 4. The molecule has 0 aromatic rings. The fourth-order valence-electron chi connectivity index (χ4n) is 0.0680. The van der Waals surface area contributed by atoms with Gasteiger partial charge in [-0.05, 0) is 6.92 Å². The van der Waals surface area contributed by atoms with Crippen LogP contribution in [0.3, 0.4) is 0 Å². The van der Waals surface area contributed by atoms with E-state index in [0.29, 0.717) is 19.6 Å². The Kier molecular flexibility index (Phi) is 19.0. The fraction of sp³-hybridized carbons (Fsp3) is 0.600. The summed E-state index contributed by atoms with van der Waals surface area (Å²) >= 11 is 0. The van der Waals surface area contributed by atoms with E-state index in [9.17, 15) is 4.79 Å². The van der Waals surface area contributed by atoms with Crippen molar-refractivity contribution in [1.29, 1.82) is 0 Å². The van der Waals surface area contributed by atoms with Gasteiger partial charge in [-0.3, -0.25) is 9.59 Å². The Morgan fingerprint density at radius 3 is 1.78 bits per heavy atom. The average molecular weight is 134 g/mol. The first-order valence-electron chi connectivity index (χ1n) is 2.35. The van der Waals surface area contributed by atoms with Crippen LogP contribution in [-0.4, -0.2) is 26.7 Å². The van der Waals surface area contributed by atoms with Crippen LogP contribution < -0.4 is 0 Å². The van der Waals surface area contributed by atoms with Gasteiger partial charge in [-0.15, -0.1) is 0 Å². The molecule has 0 radical (unpaired) electrons. The third-order valence-corrected chi connectivity index (χ3v) is 0.331. The maximum Gasteiger partial charge on any atom is 0.293 e. The summed E-state index contributed by atoms with van der Waals surface area (Å²) < 4.78 is 8.01. The summed E-state index contributed by atoms with van der Waals surface area (Å²) in [6.45, 7) is 3.04. The van der Waals surface area contributed by atoms with E-state index in [1.807, 2.05) is 0 Å². The second-order valence-corrected chi connectivity index (χ2v) is 0.883. The number of carbonyl (C=O) groups excluding carboxylic acids is 2. The third kappa shape index (κ3) is 45.0. The predicted octanol–water partition coefficient (Wildman–Crippen LogP) is -0.0315. The van der Waals surface area contributed by atoms with Crippen molar-refractivity contribution in [3.63, 3.8) is 0 Å². The lowest BCUT2D eigenvalue weighted by molar-refractivity contribution is -0.128.